The van der Waals surface area contributed by atoms with E-state index in [1.54, 1.807) is 21.6 Å². The second-order valence-corrected chi connectivity index (χ2v) is 13.5. The lowest BCUT2D eigenvalue weighted by molar-refractivity contribution is 0.668. The zero-order valence-corrected chi connectivity index (χ0v) is 15.7. The van der Waals surface area contributed by atoms with Gasteiger partial charge in [0.1, 0.15) is 0 Å². The van der Waals surface area contributed by atoms with Crippen molar-refractivity contribution in [3.8, 4) is 10.6 Å². The summed E-state index contributed by atoms with van der Waals surface area (Å²) in [6.45, 7) is 9.65. The minimum atomic E-state index is -1.24. The molecule has 20 heavy (non-hydrogen) atoms. The molecule has 0 radical (unpaired) electrons. The first-order valence-corrected chi connectivity index (χ1v) is 12.7. The Kier molecular flexibility index (Phi) is 5.58. The predicted molar refractivity (Wildman–Crippen MR) is 96.3 cm³/mol. The van der Waals surface area contributed by atoms with Crippen LogP contribution in [0.4, 0.5) is 0 Å². The van der Waals surface area contributed by atoms with Crippen molar-refractivity contribution in [2.45, 2.75) is 58.7 Å². The molecule has 0 fully saturated rings. The van der Waals surface area contributed by atoms with Crippen LogP contribution in [0.15, 0.2) is 17.5 Å². The smallest absolute Gasteiger partial charge is 0.0940 e. The summed E-state index contributed by atoms with van der Waals surface area (Å²) in [5.41, 5.74) is 2.77. The summed E-state index contributed by atoms with van der Waals surface area (Å²) in [6.07, 6.45) is 6.63. The van der Waals surface area contributed by atoms with Gasteiger partial charge >= 0.3 is 0 Å². The summed E-state index contributed by atoms with van der Waals surface area (Å²) in [4.78, 5) is 1.37. The Morgan fingerprint density at radius 3 is 2.55 bits per heavy atom. The number of aryl methyl sites for hydroxylation is 1. The number of nitrogens with zero attached hydrogens (tertiary/aromatic N) is 1. The normalized spacial score (nSPS) is 12.0. The van der Waals surface area contributed by atoms with Gasteiger partial charge in [0.05, 0.1) is 18.6 Å². The number of aromatic nitrogens is 1. The van der Waals surface area contributed by atoms with E-state index in [-0.39, 0.29) is 0 Å². The van der Waals surface area contributed by atoms with E-state index >= 15 is 0 Å². The molecule has 2 rings (SSSR count). The highest BCUT2D eigenvalue weighted by Crippen LogP contribution is 2.28. The Labute approximate surface area is 132 Å². The van der Waals surface area contributed by atoms with Crippen molar-refractivity contribution in [2.24, 2.45) is 0 Å². The van der Waals surface area contributed by atoms with Crippen LogP contribution in [0.1, 0.15) is 38.2 Å². The van der Waals surface area contributed by atoms with Crippen molar-refractivity contribution < 1.29 is 0 Å². The summed E-state index contributed by atoms with van der Waals surface area (Å²) in [5, 5.41) is 2.07. The highest BCUT2D eigenvalue weighted by Gasteiger charge is 2.24. The minimum Gasteiger partial charge on any atom is -0.192 e. The third-order valence-corrected chi connectivity index (χ3v) is 8.88. The standard InChI is InChI=1S/C16H25NS2Si/c1-5-6-7-8-9-13-12-15(14-10-11-18-17-14)19-16(13)20(2,3)4/h10-12H,5-9H2,1-4H3. The fourth-order valence-electron chi connectivity index (χ4n) is 2.46. The Bertz CT molecular complexity index is 523. The highest BCUT2D eigenvalue weighted by atomic mass is 32.1. The average molecular weight is 324 g/mol. The van der Waals surface area contributed by atoms with E-state index in [0.717, 1.165) is 0 Å². The van der Waals surface area contributed by atoms with E-state index in [9.17, 15) is 0 Å². The lowest BCUT2D eigenvalue weighted by Gasteiger charge is -2.16. The largest absolute Gasteiger partial charge is 0.192 e. The second-order valence-electron chi connectivity index (χ2n) is 6.41. The molecule has 2 aromatic rings. The van der Waals surface area contributed by atoms with Gasteiger partial charge in [0, 0.05) is 5.38 Å². The quantitative estimate of drug-likeness (QED) is 0.481. The Morgan fingerprint density at radius 2 is 1.95 bits per heavy atom. The zero-order valence-electron chi connectivity index (χ0n) is 13.0. The summed E-state index contributed by atoms with van der Waals surface area (Å²) in [5.74, 6) is 0. The van der Waals surface area contributed by atoms with Crippen molar-refractivity contribution in [1.82, 2.24) is 4.37 Å². The molecule has 0 spiro atoms. The summed E-state index contributed by atoms with van der Waals surface area (Å²) in [6, 6.07) is 4.56. The van der Waals surface area contributed by atoms with Crippen LogP contribution in [0.25, 0.3) is 10.6 Å². The molecule has 2 heterocycles. The Morgan fingerprint density at radius 1 is 1.15 bits per heavy atom. The molecule has 1 nitrogen and oxygen atoms in total. The number of hydrogen-bond acceptors (Lipinski definition) is 3. The molecular formula is C16H25NS2Si. The Balaban J connectivity index is 2.20. The molecule has 0 N–H and O–H groups in total. The van der Waals surface area contributed by atoms with Crippen LogP contribution >= 0.6 is 22.9 Å². The first-order valence-electron chi connectivity index (χ1n) is 7.56. The number of rotatable bonds is 7. The highest BCUT2D eigenvalue weighted by molar-refractivity contribution is 7.29. The summed E-state index contributed by atoms with van der Waals surface area (Å²) in [7, 11) is -1.24. The molecule has 0 amide bonds. The molecule has 0 bridgehead atoms. The molecule has 0 aliphatic rings. The molecule has 0 saturated carbocycles. The monoisotopic (exact) mass is 323 g/mol. The minimum absolute atomic E-state index is 1.17. The van der Waals surface area contributed by atoms with Crippen molar-refractivity contribution in [3.05, 3.63) is 23.1 Å². The van der Waals surface area contributed by atoms with E-state index in [2.05, 4.69) is 48.5 Å². The summed E-state index contributed by atoms with van der Waals surface area (Å²) < 4.78 is 6.18. The maximum absolute atomic E-state index is 4.50. The van der Waals surface area contributed by atoms with Crippen molar-refractivity contribution in [1.29, 1.82) is 0 Å². The van der Waals surface area contributed by atoms with E-state index in [1.165, 1.54) is 42.7 Å². The van der Waals surface area contributed by atoms with Gasteiger partial charge in [0.2, 0.25) is 0 Å². The number of hydrogen-bond donors (Lipinski definition) is 0. The van der Waals surface area contributed by atoms with Crippen molar-refractivity contribution in [2.75, 3.05) is 0 Å². The fourth-order valence-corrected chi connectivity index (χ4v) is 6.69. The maximum Gasteiger partial charge on any atom is 0.0940 e. The molecule has 4 heteroatoms. The van der Waals surface area contributed by atoms with Gasteiger partial charge in [-0.05, 0) is 46.6 Å². The van der Waals surface area contributed by atoms with Crippen LogP contribution in [0.2, 0.25) is 19.6 Å². The van der Waals surface area contributed by atoms with Gasteiger partial charge in [-0.3, -0.25) is 0 Å². The molecule has 0 aliphatic carbocycles. The zero-order chi connectivity index (χ0) is 14.6. The average Bonchev–Trinajstić information content (AvgIpc) is 3.02. The third kappa shape index (κ3) is 4.03. The van der Waals surface area contributed by atoms with Crippen molar-refractivity contribution >= 4 is 35.4 Å². The molecule has 0 aliphatic heterocycles. The topological polar surface area (TPSA) is 12.9 Å². The number of thiophene rings is 1. The maximum atomic E-state index is 4.50. The van der Waals surface area contributed by atoms with Gasteiger partial charge in [-0.2, -0.15) is 4.37 Å². The van der Waals surface area contributed by atoms with Crippen LogP contribution < -0.4 is 4.50 Å². The number of unbranched alkanes of at least 4 members (excludes halogenated alkanes) is 3. The van der Waals surface area contributed by atoms with Crippen LogP contribution in [-0.4, -0.2) is 12.4 Å². The van der Waals surface area contributed by atoms with Gasteiger partial charge < -0.3 is 0 Å². The molecule has 0 unspecified atom stereocenters. The van der Waals surface area contributed by atoms with Crippen LogP contribution in [-0.2, 0) is 6.42 Å². The van der Waals surface area contributed by atoms with Crippen LogP contribution in [0.5, 0.6) is 0 Å². The SMILES string of the molecule is CCCCCCc1cc(-c2ccsn2)sc1[Si](C)(C)C. The van der Waals surface area contributed by atoms with Gasteiger partial charge in [0.15, 0.2) is 0 Å². The lowest BCUT2D eigenvalue weighted by Crippen LogP contribution is -2.37. The van der Waals surface area contributed by atoms with Crippen molar-refractivity contribution in [3.63, 3.8) is 0 Å². The van der Waals surface area contributed by atoms with Gasteiger partial charge in [0.25, 0.3) is 0 Å². The lowest BCUT2D eigenvalue weighted by atomic mass is 10.1. The van der Waals surface area contributed by atoms with Crippen LogP contribution in [0.3, 0.4) is 0 Å². The van der Waals surface area contributed by atoms with E-state index in [0.29, 0.717) is 0 Å². The third-order valence-electron chi connectivity index (χ3n) is 3.48. The van der Waals surface area contributed by atoms with E-state index < -0.39 is 8.07 Å². The van der Waals surface area contributed by atoms with Gasteiger partial charge in [-0.25, -0.2) is 0 Å². The van der Waals surface area contributed by atoms with Crippen LogP contribution in [0, 0.1) is 0 Å². The van der Waals surface area contributed by atoms with Gasteiger partial charge in [-0.1, -0.05) is 45.8 Å². The fraction of sp³-hybridized carbons (Fsp3) is 0.562. The first-order chi connectivity index (χ1) is 9.52. The molecule has 0 aromatic carbocycles. The molecule has 0 atom stereocenters. The van der Waals surface area contributed by atoms with Gasteiger partial charge in [-0.15, -0.1) is 11.3 Å². The molecule has 110 valence electrons. The second kappa shape index (κ2) is 7.01. The molecule has 0 saturated heterocycles. The predicted octanol–water partition coefficient (Wildman–Crippen LogP) is 5.54. The van der Waals surface area contributed by atoms with E-state index in [1.807, 2.05) is 11.3 Å². The molecule has 2 aromatic heterocycles. The molecular weight excluding hydrogens is 298 g/mol. The van der Waals surface area contributed by atoms with E-state index in [4.69, 9.17) is 0 Å². The first kappa shape index (κ1) is 15.9. The summed E-state index contributed by atoms with van der Waals surface area (Å²) >= 11 is 3.54. The Hall–Kier alpha value is -0.453.